The minimum absolute atomic E-state index is 0.145. The lowest BCUT2D eigenvalue weighted by molar-refractivity contribution is 0.0946. The lowest BCUT2D eigenvalue weighted by atomic mass is 10.0. The predicted molar refractivity (Wildman–Crippen MR) is 101 cm³/mol. The van der Waals surface area contributed by atoms with Gasteiger partial charge in [-0.2, -0.15) is 4.98 Å². The molecule has 2 aromatic heterocycles. The molecule has 4 rings (SSSR count). The third kappa shape index (κ3) is 3.10. The highest BCUT2D eigenvalue weighted by molar-refractivity contribution is 6.07. The van der Waals surface area contributed by atoms with Crippen LogP contribution in [-0.2, 0) is 0 Å². The molecule has 1 fully saturated rings. The number of nitrogens with zero attached hydrogens (tertiary/aromatic N) is 3. The Morgan fingerprint density at radius 3 is 2.63 bits per heavy atom. The minimum Gasteiger partial charge on any atom is -0.481 e. The van der Waals surface area contributed by atoms with Crippen LogP contribution in [0.1, 0.15) is 23.3 Å². The molecule has 138 valence electrons. The Kier molecular flexibility index (Phi) is 4.23. The summed E-state index contributed by atoms with van der Waals surface area (Å²) in [6, 6.07) is 9.35. The molecule has 2 heterocycles. The summed E-state index contributed by atoms with van der Waals surface area (Å²) in [6.45, 7) is 0. The number of amides is 1. The largest absolute Gasteiger partial charge is 0.481 e. The van der Waals surface area contributed by atoms with E-state index < -0.39 is 0 Å². The molecule has 1 aromatic carbocycles. The van der Waals surface area contributed by atoms with Crippen LogP contribution in [0.4, 0.5) is 5.69 Å². The molecule has 1 aliphatic rings. The summed E-state index contributed by atoms with van der Waals surface area (Å²) in [5.41, 5.74) is 8.76. The molecule has 1 aliphatic carbocycles. The number of hydrogen-bond donors (Lipinski definition) is 2. The van der Waals surface area contributed by atoms with Gasteiger partial charge in [-0.3, -0.25) is 4.79 Å². The first-order chi connectivity index (χ1) is 13.1. The van der Waals surface area contributed by atoms with Crippen molar-refractivity contribution in [2.24, 2.45) is 0 Å². The number of carbonyl (C=O) groups is 1. The number of carbonyl (C=O) groups excluding carboxylic acids is 1. The summed E-state index contributed by atoms with van der Waals surface area (Å²) in [5.74, 6) is 0.553. The number of nitrogens with two attached hydrogens (primary N) is 1. The number of nitrogens with one attached hydrogen (secondary N) is 1. The van der Waals surface area contributed by atoms with E-state index in [1.165, 1.54) is 7.11 Å². The van der Waals surface area contributed by atoms with Crippen molar-refractivity contribution in [2.45, 2.75) is 18.9 Å². The van der Waals surface area contributed by atoms with Gasteiger partial charge >= 0.3 is 0 Å². The quantitative estimate of drug-likeness (QED) is 0.712. The third-order valence-electron chi connectivity index (χ3n) is 4.49. The van der Waals surface area contributed by atoms with Crippen molar-refractivity contribution >= 4 is 22.5 Å². The Balaban J connectivity index is 1.83. The molecule has 8 nitrogen and oxygen atoms in total. The van der Waals surface area contributed by atoms with E-state index in [1.54, 1.807) is 13.2 Å². The van der Waals surface area contributed by atoms with E-state index in [0.29, 0.717) is 28.4 Å². The maximum Gasteiger partial charge on any atom is 0.274 e. The highest BCUT2D eigenvalue weighted by Crippen LogP contribution is 2.36. The maximum absolute atomic E-state index is 12.3. The van der Waals surface area contributed by atoms with E-state index in [4.69, 9.17) is 15.2 Å². The summed E-state index contributed by atoms with van der Waals surface area (Å²) >= 11 is 0. The van der Waals surface area contributed by atoms with Crippen molar-refractivity contribution in [1.82, 2.24) is 20.5 Å². The van der Waals surface area contributed by atoms with Crippen LogP contribution >= 0.6 is 0 Å². The number of rotatable bonds is 5. The van der Waals surface area contributed by atoms with Gasteiger partial charge in [-0.25, -0.2) is 0 Å². The highest BCUT2D eigenvalue weighted by atomic mass is 16.5. The van der Waals surface area contributed by atoms with E-state index in [9.17, 15) is 4.79 Å². The zero-order valence-electron chi connectivity index (χ0n) is 15.0. The van der Waals surface area contributed by atoms with Crippen molar-refractivity contribution in [3.05, 3.63) is 36.0 Å². The molecule has 0 aliphatic heterocycles. The fourth-order valence-electron chi connectivity index (χ4n) is 2.91. The SMILES string of the molecule is COc1ccc(-c2cccc3c(N)c(C(=O)NC4CC4)nnc23)c(OC)n1. The first kappa shape index (κ1) is 17.0. The molecule has 3 N–H and O–H groups in total. The lowest BCUT2D eigenvalue weighted by Crippen LogP contribution is -2.27. The van der Waals surface area contributed by atoms with E-state index in [1.807, 2.05) is 24.3 Å². The molecule has 8 heteroatoms. The van der Waals surface area contributed by atoms with Crippen molar-refractivity contribution in [3.63, 3.8) is 0 Å². The molecule has 0 bridgehead atoms. The van der Waals surface area contributed by atoms with Crippen LogP contribution in [0.15, 0.2) is 30.3 Å². The number of aromatic nitrogens is 3. The predicted octanol–water partition coefficient (Wildman–Crippen LogP) is 2.18. The third-order valence-corrected chi connectivity index (χ3v) is 4.49. The molecule has 1 saturated carbocycles. The average Bonchev–Trinajstić information content (AvgIpc) is 3.51. The van der Waals surface area contributed by atoms with Crippen molar-refractivity contribution in [2.75, 3.05) is 20.0 Å². The number of benzene rings is 1. The van der Waals surface area contributed by atoms with Crippen LogP contribution in [0.25, 0.3) is 22.0 Å². The second kappa shape index (κ2) is 6.71. The summed E-state index contributed by atoms with van der Waals surface area (Å²) in [4.78, 5) is 16.7. The molecule has 0 radical (unpaired) electrons. The second-order valence-electron chi connectivity index (χ2n) is 6.32. The number of anilines is 1. The van der Waals surface area contributed by atoms with Gasteiger partial charge < -0.3 is 20.5 Å². The molecule has 0 unspecified atom stereocenters. The molecule has 0 spiro atoms. The molecule has 1 amide bonds. The fraction of sp³-hybridized carbons (Fsp3) is 0.263. The first-order valence-corrected chi connectivity index (χ1v) is 8.57. The zero-order valence-corrected chi connectivity index (χ0v) is 15.0. The van der Waals surface area contributed by atoms with Crippen molar-refractivity contribution < 1.29 is 14.3 Å². The second-order valence-corrected chi connectivity index (χ2v) is 6.32. The highest BCUT2D eigenvalue weighted by Gasteiger charge is 2.26. The summed E-state index contributed by atoms with van der Waals surface area (Å²) in [5, 5.41) is 11.9. The van der Waals surface area contributed by atoms with Crippen LogP contribution in [0.3, 0.4) is 0 Å². The van der Waals surface area contributed by atoms with Gasteiger partial charge in [-0.15, -0.1) is 10.2 Å². The Labute approximate surface area is 155 Å². The van der Waals surface area contributed by atoms with Crippen LogP contribution in [0.5, 0.6) is 11.8 Å². The number of ether oxygens (including phenoxy) is 2. The van der Waals surface area contributed by atoms with Gasteiger partial charge in [0.2, 0.25) is 11.8 Å². The average molecular weight is 365 g/mol. The van der Waals surface area contributed by atoms with Crippen molar-refractivity contribution in [1.29, 1.82) is 0 Å². The topological polar surface area (TPSA) is 112 Å². The Bertz CT molecular complexity index is 1030. The van der Waals surface area contributed by atoms with Gasteiger partial charge in [0.25, 0.3) is 5.91 Å². The summed E-state index contributed by atoms with van der Waals surface area (Å²) in [7, 11) is 3.08. The van der Waals surface area contributed by atoms with Crippen molar-refractivity contribution in [3.8, 4) is 22.9 Å². The molecular formula is C19H19N5O3. The Hall–Kier alpha value is -3.42. The van der Waals surface area contributed by atoms with Crippen LogP contribution in [0.2, 0.25) is 0 Å². The van der Waals surface area contributed by atoms with Gasteiger partial charge in [0.15, 0.2) is 5.69 Å². The van der Waals surface area contributed by atoms with E-state index in [2.05, 4.69) is 20.5 Å². The fourth-order valence-corrected chi connectivity index (χ4v) is 2.91. The summed E-state index contributed by atoms with van der Waals surface area (Å²) in [6.07, 6.45) is 1.97. The molecule has 3 aromatic rings. The standard InChI is InChI=1S/C19H19N5O3/c1-26-14-9-8-12(19(22-14)27-2)11-4-3-5-13-15(20)17(24-23-16(11)13)18(25)21-10-6-7-10/h3-5,8-10H,6-7H2,1-2H3,(H2,20,23)(H,21,25). The lowest BCUT2D eigenvalue weighted by Gasteiger charge is -2.13. The van der Waals surface area contributed by atoms with E-state index >= 15 is 0 Å². The van der Waals surface area contributed by atoms with Gasteiger partial charge in [-0.05, 0) is 18.9 Å². The van der Waals surface area contributed by atoms with Crippen LogP contribution in [-0.4, -0.2) is 41.3 Å². The monoisotopic (exact) mass is 365 g/mol. The Morgan fingerprint density at radius 1 is 1.11 bits per heavy atom. The summed E-state index contributed by atoms with van der Waals surface area (Å²) < 4.78 is 10.5. The normalized spacial score (nSPS) is 13.4. The van der Waals surface area contributed by atoms with Gasteiger partial charge in [-0.1, -0.05) is 18.2 Å². The van der Waals surface area contributed by atoms with E-state index in [0.717, 1.165) is 24.0 Å². The number of fused-ring (bicyclic) bond motifs is 1. The number of pyridine rings is 1. The van der Waals surface area contributed by atoms with E-state index in [-0.39, 0.29) is 17.6 Å². The maximum atomic E-state index is 12.3. The smallest absolute Gasteiger partial charge is 0.274 e. The minimum atomic E-state index is -0.293. The van der Waals surface area contributed by atoms with Crippen LogP contribution in [0, 0.1) is 0 Å². The van der Waals surface area contributed by atoms with Gasteiger partial charge in [0.1, 0.15) is 5.52 Å². The first-order valence-electron chi connectivity index (χ1n) is 8.57. The molecular weight excluding hydrogens is 346 g/mol. The Morgan fingerprint density at radius 2 is 1.93 bits per heavy atom. The number of methoxy groups -OCH3 is 2. The van der Waals surface area contributed by atoms with Gasteiger partial charge in [0.05, 0.1) is 19.9 Å². The number of nitrogen functional groups attached to an aromatic ring is 1. The van der Waals surface area contributed by atoms with Gasteiger partial charge in [0, 0.05) is 28.6 Å². The zero-order chi connectivity index (χ0) is 19.0. The molecule has 0 saturated heterocycles. The number of hydrogen-bond acceptors (Lipinski definition) is 7. The molecule has 0 atom stereocenters. The molecule has 27 heavy (non-hydrogen) atoms. The van der Waals surface area contributed by atoms with Crippen LogP contribution < -0.4 is 20.5 Å².